The summed E-state index contributed by atoms with van der Waals surface area (Å²) in [6, 6.07) is 1.87. The minimum atomic E-state index is 0.369. The monoisotopic (exact) mass is 209 g/mol. The number of aromatic nitrogens is 1. The van der Waals surface area contributed by atoms with Gasteiger partial charge in [-0.15, -0.1) is 11.8 Å². The van der Waals surface area contributed by atoms with Gasteiger partial charge in [0.15, 0.2) is 6.29 Å². The molecular formula is C10H11NO2S. The lowest BCUT2D eigenvalue weighted by Crippen LogP contribution is -1.98. The molecular weight excluding hydrogens is 198 g/mol. The molecule has 1 saturated carbocycles. The van der Waals surface area contributed by atoms with Crippen molar-refractivity contribution in [2.75, 3.05) is 6.26 Å². The molecule has 0 atom stereocenters. The summed E-state index contributed by atoms with van der Waals surface area (Å²) in [5.74, 6) is 0.766. The van der Waals surface area contributed by atoms with E-state index in [1.54, 1.807) is 6.20 Å². The highest BCUT2D eigenvalue weighted by Crippen LogP contribution is 2.29. The van der Waals surface area contributed by atoms with Crippen LogP contribution in [0.4, 0.5) is 0 Å². The standard InChI is InChI=1S/C10H11NO2S/c1-14-10-4-8(13-7-2-3-7)5-11-9(10)6-12/h4-7H,2-3H2,1H3. The van der Waals surface area contributed by atoms with Gasteiger partial charge >= 0.3 is 0 Å². The molecule has 0 aliphatic heterocycles. The van der Waals surface area contributed by atoms with E-state index >= 15 is 0 Å². The summed E-state index contributed by atoms with van der Waals surface area (Å²) in [4.78, 5) is 15.5. The van der Waals surface area contributed by atoms with E-state index in [0.717, 1.165) is 29.8 Å². The van der Waals surface area contributed by atoms with Crippen LogP contribution in [0, 0.1) is 0 Å². The van der Waals surface area contributed by atoms with Crippen molar-refractivity contribution in [3.63, 3.8) is 0 Å². The van der Waals surface area contributed by atoms with Gasteiger partial charge < -0.3 is 4.74 Å². The predicted octanol–water partition coefficient (Wildman–Crippen LogP) is 2.16. The quantitative estimate of drug-likeness (QED) is 0.562. The lowest BCUT2D eigenvalue weighted by atomic mass is 10.3. The molecule has 0 saturated heterocycles. The third-order valence-corrected chi connectivity index (χ3v) is 2.78. The molecule has 0 bridgehead atoms. The highest BCUT2D eigenvalue weighted by molar-refractivity contribution is 7.98. The van der Waals surface area contributed by atoms with Crippen molar-refractivity contribution >= 4 is 18.0 Å². The van der Waals surface area contributed by atoms with Crippen LogP contribution in [0.1, 0.15) is 23.3 Å². The Hall–Kier alpha value is -1.03. The Kier molecular flexibility index (Phi) is 2.72. The maximum absolute atomic E-state index is 10.6. The van der Waals surface area contributed by atoms with Crippen molar-refractivity contribution < 1.29 is 9.53 Å². The van der Waals surface area contributed by atoms with Crippen LogP contribution in [0.2, 0.25) is 0 Å². The number of aldehydes is 1. The van der Waals surface area contributed by atoms with Crippen LogP contribution < -0.4 is 4.74 Å². The van der Waals surface area contributed by atoms with Crippen LogP contribution in [0.5, 0.6) is 5.75 Å². The van der Waals surface area contributed by atoms with Gasteiger partial charge in [0.2, 0.25) is 0 Å². The minimum Gasteiger partial charge on any atom is -0.489 e. The molecule has 3 nitrogen and oxygen atoms in total. The van der Waals surface area contributed by atoms with E-state index in [1.807, 2.05) is 12.3 Å². The number of thioether (sulfide) groups is 1. The SMILES string of the molecule is CSc1cc(OC2CC2)cnc1C=O. The van der Waals surface area contributed by atoms with E-state index in [9.17, 15) is 4.79 Å². The number of rotatable bonds is 4. The molecule has 0 unspecified atom stereocenters. The fourth-order valence-corrected chi connectivity index (χ4v) is 1.68. The smallest absolute Gasteiger partial charge is 0.169 e. The Balaban J connectivity index is 2.20. The molecule has 0 radical (unpaired) electrons. The zero-order valence-electron chi connectivity index (χ0n) is 7.90. The molecule has 0 spiro atoms. The maximum Gasteiger partial charge on any atom is 0.169 e. The average molecular weight is 209 g/mol. The van der Waals surface area contributed by atoms with Crippen molar-refractivity contribution in [2.45, 2.75) is 23.8 Å². The zero-order valence-corrected chi connectivity index (χ0v) is 8.71. The second-order valence-corrected chi connectivity index (χ2v) is 4.04. The Bertz CT molecular complexity index is 350. The topological polar surface area (TPSA) is 39.2 Å². The molecule has 1 heterocycles. The molecule has 14 heavy (non-hydrogen) atoms. The number of pyridine rings is 1. The van der Waals surface area contributed by atoms with Crippen LogP contribution in [0.15, 0.2) is 17.2 Å². The molecule has 0 aromatic carbocycles. The molecule has 4 heteroatoms. The lowest BCUT2D eigenvalue weighted by Gasteiger charge is -2.06. The van der Waals surface area contributed by atoms with Gasteiger partial charge in [-0.1, -0.05) is 0 Å². The van der Waals surface area contributed by atoms with E-state index in [1.165, 1.54) is 11.8 Å². The number of hydrogen-bond donors (Lipinski definition) is 0. The molecule has 1 fully saturated rings. The number of ether oxygens (including phenoxy) is 1. The van der Waals surface area contributed by atoms with Gasteiger partial charge in [-0.05, 0) is 25.2 Å². The Morgan fingerprint density at radius 3 is 3.00 bits per heavy atom. The molecule has 1 aromatic heterocycles. The highest BCUT2D eigenvalue weighted by atomic mass is 32.2. The summed E-state index contributed by atoms with van der Waals surface area (Å²) in [6.45, 7) is 0. The number of nitrogens with zero attached hydrogens (tertiary/aromatic N) is 1. The Morgan fingerprint density at radius 2 is 2.43 bits per heavy atom. The predicted molar refractivity (Wildman–Crippen MR) is 55.1 cm³/mol. The van der Waals surface area contributed by atoms with E-state index in [0.29, 0.717) is 11.8 Å². The van der Waals surface area contributed by atoms with Crippen LogP contribution in [0.25, 0.3) is 0 Å². The van der Waals surface area contributed by atoms with E-state index < -0.39 is 0 Å². The van der Waals surface area contributed by atoms with E-state index in [4.69, 9.17) is 4.74 Å². The van der Waals surface area contributed by atoms with E-state index in [-0.39, 0.29) is 0 Å². The van der Waals surface area contributed by atoms with Gasteiger partial charge in [0.1, 0.15) is 11.4 Å². The summed E-state index contributed by atoms with van der Waals surface area (Å²) in [7, 11) is 0. The zero-order chi connectivity index (χ0) is 9.97. The molecule has 1 aromatic rings. The molecule has 1 aliphatic carbocycles. The number of carbonyl (C=O) groups is 1. The van der Waals surface area contributed by atoms with Gasteiger partial charge in [0, 0.05) is 4.90 Å². The first-order valence-electron chi connectivity index (χ1n) is 4.49. The Morgan fingerprint density at radius 1 is 1.64 bits per heavy atom. The van der Waals surface area contributed by atoms with Gasteiger partial charge in [-0.3, -0.25) is 4.79 Å². The third-order valence-electron chi connectivity index (χ3n) is 2.02. The summed E-state index contributed by atoms with van der Waals surface area (Å²) in [6.07, 6.45) is 6.93. The molecule has 0 amide bonds. The Labute approximate surface area is 86.9 Å². The molecule has 2 rings (SSSR count). The first kappa shape index (κ1) is 9.52. The fraction of sp³-hybridized carbons (Fsp3) is 0.400. The normalized spacial score (nSPS) is 15.2. The van der Waals surface area contributed by atoms with Crippen molar-refractivity contribution in [1.82, 2.24) is 4.98 Å². The minimum absolute atomic E-state index is 0.369. The van der Waals surface area contributed by atoms with Crippen molar-refractivity contribution in [3.05, 3.63) is 18.0 Å². The number of hydrogen-bond acceptors (Lipinski definition) is 4. The van der Waals surface area contributed by atoms with Crippen molar-refractivity contribution in [3.8, 4) is 5.75 Å². The van der Waals surface area contributed by atoms with Gasteiger partial charge in [0.05, 0.1) is 12.3 Å². The van der Waals surface area contributed by atoms with Crippen LogP contribution in [0.3, 0.4) is 0 Å². The largest absolute Gasteiger partial charge is 0.489 e. The summed E-state index contributed by atoms with van der Waals surface area (Å²) < 4.78 is 5.58. The average Bonchev–Trinajstić information content (AvgIpc) is 3.01. The third kappa shape index (κ3) is 2.07. The number of carbonyl (C=O) groups excluding carboxylic acids is 1. The fourth-order valence-electron chi connectivity index (χ4n) is 1.13. The first-order chi connectivity index (χ1) is 6.83. The van der Waals surface area contributed by atoms with Crippen LogP contribution >= 0.6 is 11.8 Å². The van der Waals surface area contributed by atoms with Crippen molar-refractivity contribution in [1.29, 1.82) is 0 Å². The van der Waals surface area contributed by atoms with Crippen LogP contribution in [-0.4, -0.2) is 23.6 Å². The molecule has 74 valence electrons. The summed E-state index contributed by atoms with van der Waals surface area (Å²) in [5.41, 5.74) is 0.487. The molecule has 1 aliphatic rings. The van der Waals surface area contributed by atoms with Gasteiger partial charge in [-0.2, -0.15) is 0 Å². The van der Waals surface area contributed by atoms with Crippen LogP contribution in [-0.2, 0) is 0 Å². The highest BCUT2D eigenvalue weighted by Gasteiger charge is 2.23. The second kappa shape index (κ2) is 4.00. The first-order valence-corrected chi connectivity index (χ1v) is 5.72. The van der Waals surface area contributed by atoms with Crippen molar-refractivity contribution in [2.24, 2.45) is 0 Å². The van der Waals surface area contributed by atoms with Gasteiger partial charge in [0.25, 0.3) is 0 Å². The van der Waals surface area contributed by atoms with E-state index in [2.05, 4.69) is 4.98 Å². The molecule has 0 N–H and O–H groups in total. The lowest BCUT2D eigenvalue weighted by molar-refractivity contribution is 0.111. The van der Waals surface area contributed by atoms with Gasteiger partial charge in [-0.25, -0.2) is 4.98 Å². The maximum atomic E-state index is 10.6. The summed E-state index contributed by atoms with van der Waals surface area (Å²) in [5, 5.41) is 0. The summed E-state index contributed by atoms with van der Waals surface area (Å²) >= 11 is 1.51. The second-order valence-electron chi connectivity index (χ2n) is 3.19.